The van der Waals surface area contributed by atoms with Gasteiger partial charge in [0.25, 0.3) is 0 Å². The van der Waals surface area contributed by atoms with Gasteiger partial charge >= 0.3 is 283 Å². The van der Waals surface area contributed by atoms with E-state index >= 15 is 0 Å². The van der Waals surface area contributed by atoms with Crippen LogP contribution in [-0.4, -0.2) is 36.8 Å². The SMILES string of the molecule is CCCCC(CC)Cc1sc(CC(CC)CCCC)c2c1Cc1c(-c3cc[c]([Sn]([CH3])([CH3])[CH3])s3)sc(-c3cc[c]([Sn]([CH3])([CH3])[CH3])s3)c1C2. The Balaban J connectivity index is 1.63. The fourth-order valence-corrected chi connectivity index (χ4v) is 22.9. The minimum atomic E-state index is -2.14. The monoisotopic (exact) mass is 908 g/mol. The molecular weight excluding hydrogens is 846 g/mol. The van der Waals surface area contributed by atoms with Gasteiger partial charge in [0.05, 0.1) is 0 Å². The second kappa shape index (κ2) is 16.2. The molecular formula is C40H60S4Sn2. The topological polar surface area (TPSA) is 0 Å². The molecule has 46 heavy (non-hydrogen) atoms. The summed E-state index contributed by atoms with van der Waals surface area (Å²) in [7, 11) is 0. The van der Waals surface area contributed by atoms with E-state index in [1.807, 2.05) is 0 Å². The van der Waals surface area contributed by atoms with Crippen LogP contribution in [0.25, 0.3) is 19.5 Å². The molecule has 1 aliphatic carbocycles. The van der Waals surface area contributed by atoms with E-state index in [4.69, 9.17) is 0 Å². The third-order valence-corrected chi connectivity index (χ3v) is 34.4. The Morgan fingerprint density at radius 2 is 0.957 bits per heavy atom. The van der Waals surface area contributed by atoms with Gasteiger partial charge in [-0.15, -0.1) is 0 Å². The van der Waals surface area contributed by atoms with Crippen molar-refractivity contribution in [3.8, 4) is 19.5 Å². The molecule has 4 aromatic rings. The van der Waals surface area contributed by atoms with Crippen LogP contribution in [0.4, 0.5) is 0 Å². The van der Waals surface area contributed by atoms with E-state index in [0.29, 0.717) is 0 Å². The molecule has 0 saturated carbocycles. The predicted molar refractivity (Wildman–Crippen MR) is 221 cm³/mol. The molecule has 252 valence electrons. The van der Waals surface area contributed by atoms with Crippen molar-refractivity contribution in [3.05, 3.63) is 56.3 Å². The van der Waals surface area contributed by atoms with Crippen molar-refractivity contribution in [2.75, 3.05) is 0 Å². The van der Waals surface area contributed by atoms with Gasteiger partial charge in [-0.2, -0.15) is 0 Å². The van der Waals surface area contributed by atoms with Gasteiger partial charge in [0.1, 0.15) is 0 Å². The van der Waals surface area contributed by atoms with Gasteiger partial charge in [-0.25, -0.2) is 0 Å². The second-order valence-electron chi connectivity index (χ2n) is 16.0. The van der Waals surface area contributed by atoms with Crippen molar-refractivity contribution in [2.24, 2.45) is 11.8 Å². The Morgan fingerprint density at radius 1 is 0.543 bits per heavy atom. The molecule has 0 aromatic carbocycles. The molecule has 4 heterocycles. The van der Waals surface area contributed by atoms with Gasteiger partial charge in [-0.05, 0) is 0 Å². The molecule has 6 heteroatoms. The van der Waals surface area contributed by atoms with E-state index in [1.54, 1.807) is 57.3 Å². The third-order valence-electron chi connectivity index (χ3n) is 10.3. The second-order valence-corrected chi connectivity index (χ2v) is 51.3. The van der Waals surface area contributed by atoms with Crippen LogP contribution in [0.3, 0.4) is 0 Å². The fraction of sp³-hybridized carbons (Fsp3) is 0.600. The number of hydrogen-bond donors (Lipinski definition) is 0. The Bertz CT molecular complexity index is 1470. The molecule has 0 N–H and O–H groups in total. The molecule has 0 saturated heterocycles. The van der Waals surface area contributed by atoms with E-state index in [2.05, 4.69) is 127 Å². The first kappa shape index (κ1) is 37.6. The van der Waals surface area contributed by atoms with E-state index in [0.717, 1.165) is 24.7 Å². The summed E-state index contributed by atoms with van der Waals surface area (Å²) < 4.78 is 3.42. The van der Waals surface area contributed by atoms with Crippen LogP contribution in [0.5, 0.6) is 0 Å². The van der Waals surface area contributed by atoms with Crippen molar-refractivity contribution < 1.29 is 0 Å². The van der Waals surface area contributed by atoms with Crippen LogP contribution in [0.2, 0.25) is 29.6 Å². The molecule has 0 bridgehead atoms. The summed E-state index contributed by atoms with van der Waals surface area (Å²) in [6.07, 6.45) is 15.7. The summed E-state index contributed by atoms with van der Waals surface area (Å²) in [5.41, 5.74) is 6.87. The molecule has 0 amide bonds. The van der Waals surface area contributed by atoms with Crippen LogP contribution in [-0.2, 0) is 25.7 Å². The van der Waals surface area contributed by atoms with Gasteiger partial charge in [0.15, 0.2) is 0 Å². The molecule has 2 unspecified atom stereocenters. The Kier molecular flexibility index (Phi) is 13.2. The summed E-state index contributed by atoms with van der Waals surface area (Å²) in [6.45, 7) is 9.59. The number of rotatable bonds is 16. The van der Waals surface area contributed by atoms with Crippen LogP contribution < -0.4 is 5.79 Å². The zero-order chi connectivity index (χ0) is 33.2. The van der Waals surface area contributed by atoms with Gasteiger partial charge in [0.2, 0.25) is 0 Å². The molecule has 0 nitrogen and oxygen atoms in total. The molecule has 2 atom stereocenters. The normalized spacial score (nSPS) is 14.8. The first-order chi connectivity index (χ1) is 21.9. The average Bonchev–Trinajstić information content (AvgIpc) is 3.81. The first-order valence-corrected chi connectivity index (χ1v) is 41.6. The van der Waals surface area contributed by atoms with E-state index in [9.17, 15) is 0 Å². The fourth-order valence-electron chi connectivity index (χ4n) is 7.11. The zero-order valence-corrected chi connectivity index (χ0v) is 39.6. The molecule has 4 aromatic heterocycles. The summed E-state index contributed by atoms with van der Waals surface area (Å²) >= 11 is 4.39. The summed E-state index contributed by atoms with van der Waals surface area (Å²) in [6, 6.07) is 10.00. The minimum absolute atomic E-state index is 0.823. The number of fused-ring (bicyclic) bond motifs is 2. The van der Waals surface area contributed by atoms with E-state index in [1.165, 1.54) is 64.2 Å². The zero-order valence-electron chi connectivity index (χ0n) is 30.6. The van der Waals surface area contributed by atoms with Crippen LogP contribution in [0, 0.1) is 11.8 Å². The number of unbranched alkanes of at least 4 members (excludes halogenated alkanes) is 2. The summed E-state index contributed by atoms with van der Waals surface area (Å²) in [4.78, 5) is 25.2. The van der Waals surface area contributed by atoms with Gasteiger partial charge in [-0.3, -0.25) is 0 Å². The van der Waals surface area contributed by atoms with Gasteiger partial charge in [-0.1, -0.05) is 26.7 Å². The van der Waals surface area contributed by atoms with E-state index in [-0.39, 0.29) is 0 Å². The van der Waals surface area contributed by atoms with Crippen LogP contribution >= 0.6 is 45.3 Å². The molecule has 5 rings (SSSR count). The molecule has 0 aliphatic heterocycles. The molecule has 0 radical (unpaired) electrons. The summed E-state index contributed by atoms with van der Waals surface area (Å²) in [5.74, 6) is 1.65. The first-order valence-electron chi connectivity index (χ1n) is 18.4. The van der Waals surface area contributed by atoms with Crippen LogP contribution in [0.1, 0.15) is 111 Å². The number of thiophene rings is 4. The number of hydrogen-bond acceptors (Lipinski definition) is 4. The standard InChI is InChI=1S/C34H42S4.6CH3.2Sn/c1-5-9-13-23(7-3)19-31-25-21-27-28(22-26(25)32(37-31)20-24(8-4)14-10-6-2)34(30-16-12-18-36-30)38-33(27)29-15-11-17-35-29;;;;;;;;/h11-12,15-16,23-24H,5-10,13-14,19-22H2,1-4H3;6*1H3;;. The Hall–Kier alpha value is 0.397. The van der Waals surface area contributed by atoms with Crippen molar-refractivity contribution in [3.63, 3.8) is 0 Å². The molecule has 0 spiro atoms. The van der Waals surface area contributed by atoms with Gasteiger partial charge in [0, 0.05) is 0 Å². The van der Waals surface area contributed by atoms with Crippen molar-refractivity contribution >= 4 is 87.9 Å². The van der Waals surface area contributed by atoms with E-state index < -0.39 is 36.8 Å². The predicted octanol–water partition coefficient (Wildman–Crippen LogP) is 13.4. The molecule has 0 fully saturated rings. The average molecular weight is 907 g/mol. The maximum absolute atomic E-state index is 2.57. The maximum atomic E-state index is 2.57. The third kappa shape index (κ3) is 8.64. The summed E-state index contributed by atoms with van der Waals surface area (Å²) in [5, 5.41) is 0. The van der Waals surface area contributed by atoms with Gasteiger partial charge < -0.3 is 0 Å². The Morgan fingerprint density at radius 3 is 1.28 bits per heavy atom. The quantitative estimate of drug-likeness (QED) is 0.0866. The van der Waals surface area contributed by atoms with Crippen molar-refractivity contribution in [2.45, 2.75) is 134 Å². The Labute approximate surface area is 306 Å². The van der Waals surface area contributed by atoms with Crippen molar-refractivity contribution in [1.82, 2.24) is 0 Å². The molecule has 1 aliphatic rings. The van der Waals surface area contributed by atoms with Crippen molar-refractivity contribution in [1.29, 1.82) is 0 Å². The van der Waals surface area contributed by atoms with Crippen LogP contribution in [0.15, 0.2) is 24.3 Å².